The second kappa shape index (κ2) is 7.80. The Kier molecular flexibility index (Phi) is 5.16. The Morgan fingerprint density at radius 1 is 1.10 bits per heavy atom. The van der Waals surface area contributed by atoms with E-state index in [2.05, 4.69) is 26.6 Å². The molecule has 3 heterocycles. The first kappa shape index (κ1) is 19.2. The molecule has 0 bridgehead atoms. The van der Waals surface area contributed by atoms with Crippen molar-refractivity contribution in [3.05, 3.63) is 57.8 Å². The molecule has 3 fully saturated rings. The number of amides is 1. The summed E-state index contributed by atoms with van der Waals surface area (Å²) >= 11 is 1.71. The molecule has 3 atom stereocenters. The van der Waals surface area contributed by atoms with Crippen molar-refractivity contribution >= 4 is 17.2 Å². The normalized spacial score (nSPS) is 27.7. The summed E-state index contributed by atoms with van der Waals surface area (Å²) in [6.07, 6.45) is 4.21. The van der Waals surface area contributed by atoms with E-state index in [9.17, 15) is 13.6 Å². The Hall–Kier alpha value is -1.79. The van der Waals surface area contributed by atoms with Crippen LogP contribution in [0.2, 0.25) is 0 Å². The molecule has 1 saturated carbocycles. The molecule has 2 aliphatic heterocycles. The fraction of sp³-hybridized carbons (Fsp3) is 0.522. The van der Waals surface area contributed by atoms with Crippen molar-refractivity contribution in [3.8, 4) is 0 Å². The molecule has 0 unspecified atom stereocenters. The lowest BCUT2D eigenvalue weighted by molar-refractivity contribution is -0.140. The Morgan fingerprint density at radius 3 is 2.66 bits per heavy atom. The molecule has 3 nitrogen and oxygen atoms in total. The molecular weight excluding hydrogens is 390 g/mol. The van der Waals surface area contributed by atoms with E-state index in [1.165, 1.54) is 24.1 Å². The molecule has 1 aromatic heterocycles. The summed E-state index contributed by atoms with van der Waals surface area (Å²) < 4.78 is 26.9. The van der Waals surface area contributed by atoms with E-state index in [0.717, 1.165) is 44.5 Å². The molecule has 0 spiro atoms. The summed E-state index contributed by atoms with van der Waals surface area (Å²) in [4.78, 5) is 17.6. The van der Waals surface area contributed by atoms with Gasteiger partial charge in [-0.2, -0.15) is 11.3 Å². The van der Waals surface area contributed by atoms with Crippen molar-refractivity contribution in [2.24, 2.45) is 11.8 Å². The maximum Gasteiger partial charge on any atom is 0.225 e. The monoisotopic (exact) mass is 416 g/mol. The number of rotatable bonds is 4. The van der Waals surface area contributed by atoms with E-state index >= 15 is 0 Å². The third-order valence-corrected chi connectivity index (χ3v) is 7.82. The maximum atomic E-state index is 13.6. The summed E-state index contributed by atoms with van der Waals surface area (Å²) in [6, 6.07) is 6.67. The van der Waals surface area contributed by atoms with Gasteiger partial charge in [-0.25, -0.2) is 8.78 Å². The molecule has 1 aromatic carbocycles. The van der Waals surface area contributed by atoms with Gasteiger partial charge in [0.05, 0.1) is 0 Å². The van der Waals surface area contributed by atoms with Crippen molar-refractivity contribution in [2.75, 3.05) is 19.6 Å². The number of hydrogen-bond donors (Lipinski definition) is 0. The van der Waals surface area contributed by atoms with Gasteiger partial charge in [-0.15, -0.1) is 0 Å². The topological polar surface area (TPSA) is 23.6 Å². The SMILES string of the molecule is O=C(C1CCC1)N1C[C@@H](c2ccsc2)[C@@H]2CN(Cc3ccc(F)c(F)c3)CC[C@@H]21. The number of fused-ring (bicyclic) bond motifs is 1. The van der Waals surface area contributed by atoms with Crippen LogP contribution in [-0.2, 0) is 11.3 Å². The Labute approximate surface area is 174 Å². The number of benzene rings is 1. The highest BCUT2D eigenvalue weighted by Crippen LogP contribution is 2.44. The number of halogens is 2. The number of hydrogen-bond acceptors (Lipinski definition) is 3. The van der Waals surface area contributed by atoms with Crippen molar-refractivity contribution < 1.29 is 13.6 Å². The smallest absolute Gasteiger partial charge is 0.225 e. The van der Waals surface area contributed by atoms with Gasteiger partial charge in [0.15, 0.2) is 11.6 Å². The zero-order valence-corrected chi connectivity index (χ0v) is 17.2. The van der Waals surface area contributed by atoms with Gasteiger partial charge in [-0.05, 0) is 59.3 Å². The zero-order chi connectivity index (χ0) is 20.0. The van der Waals surface area contributed by atoms with Crippen molar-refractivity contribution in [3.63, 3.8) is 0 Å². The lowest BCUT2D eigenvalue weighted by Crippen LogP contribution is -2.49. The molecule has 29 heavy (non-hydrogen) atoms. The van der Waals surface area contributed by atoms with Gasteiger partial charge < -0.3 is 4.90 Å². The lowest BCUT2D eigenvalue weighted by atomic mass is 9.82. The van der Waals surface area contributed by atoms with Gasteiger partial charge in [0.25, 0.3) is 0 Å². The van der Waals surface area contributed by atoms with Gasteiger partial charge in [0.1, 0.15) is 0 Å². The molecule has 5 rings (SSSR count). The maximum absolute atomic E-state index is 13.6. The van der Waals surface area contributed by atoms with Crippen LogP contribution in [0, 0.1) is 23.5 Å². The third-order valence-electron chi connectivity index (χ3n) is 7.11. The predicted octanol–water partition coefficient (Wildman–Crippen LogP) is 4.64. The highest BCUT2D eigenvalue weighted by atomic mass is 32.1. The van der Waals surface area contributed by atoms with Gasteiger partial charge in [-0.3, -0.25) is 9.69 Å². The number of carbonyl (C=O) groups excluding carboxylic acids is 1. The first-order valence-corrected chi connectivity index (χ1v) is 11.5. The molecule has 0 radical (unpaired) electrons. The van der Waals surface area contributed by atoms with Gasteiger partial charge in [0, 0.05) is 50.0 Å². The van der Waals surface area contributed by atoms with E-state index in [1.54, 1.807) is 17.4 Å². The minimum atomic E-state index is -0.800. The van der Waals surface area contributed by atoms with E-state index in [-0.39, 0.29) is 5.92 Å². The lowest BCUT2D eigenvalue weighted by Gasteiger charge is -2.40. The average molecular weight is 417 g/mol. The molecule has 3 aliphatic rings. The standard InChI is InChI=1S/C23H26F2N2OS/c24-20-5-4-15(10-21(20)25)11-26-8-6-22-19(12-26)18(17-7-9-29-14-17)13-27(22)23(28)16-2-1-3-16/h4-5,7,9-10,14,16,18-19,22H,1-3,6,8,11-13H2/t18-,19-,22-/m0/s1. The largest absolute Gasteiger partial charge is 0.338 e. The number of thiophene rings is 1. The van der Waals surface area contributed by atoms with Crippen LogP contribution in [-0.4, -0.2) is 41.4 Å². The number of nitrogens with zero attached hydrogens (tertiary/aromatic N) is 2. The number of likely N-dealkylation sites (tertiary alicyclic amines) is 2. The Bertz CT molecular complexity index is 883. The molecular formula is C23H26F2N2OS. The molecule has 1 amide bonds. The molecule has 2 saturated heterocycles. The van der Waals surface area contributed by atoms with E-state index in [4.69, 9.17) is 0 Å². The minimum Gasteiger partial charge on any atom is -0.338 e. The van der Waals surface area contributed by atoms with Crippen LogP contribution in [0.25, 0.3) is 0 Å². The fourth-order valence-electron chi connectivity index (χ4n) is 5.33. The van der Waals surface area contributed by atoms with E-state index in [0.29, 0.717) is 30.3 Å². The molecule has 2 aromatic rings. The summed E-state index contributed by atoms with van der Waals surface area (Å²) in [7, 11) is 0. The van der Waals surface area contributed by atoms with Crippen molar-refractivity contribution in [1.82, 2.24) is 9.80 Å². The highest BCUT2D eigenvalue weighted by molar-refractivity contribution is 7.08. The van der Waals surface area contributed by atoms with Gasteiger partial charge in [-0.1, -0.05) is 12.5 Å². The first-order valence-electron chi connectivity index (χ1n) is 10.6. The molecule has 154 valence electrons. The summed E-state index contributed by atoms with van der Waals surface area (Å²) in [6.45, 7) is 3.21. The van der Waals surface area contributed by atoms with E-state index < -0.39 is 11.6 Å². The summed E-state index contributed by atoms with van der Waals surface area (Å²) in [5.41, 5.74) is 2.14. The van der Waals surface area contributed by atoms with Crippen LogP contribution in [0.1, 0.15) is 42.7 Å². The van der Waals surface area contributed by atoms with Crippen LogP contribution >= 0.6 is 11.3 Å². The van der Waals surface area contributed by atoms with Crippen LogP contribution in [0.3, 0.4) is 0 Å². The molecule has 6 heteroatoms. The minimum absolute atomic E-state index is 0.233. The summed E-state index contributed by atoms with van der Waals surface area (Å²) in [5, 5.41) is 4.33. The Balaban J connectivity index is 1.34. The quantitative estimate of drug-likeness (QED) is 0.725. The Morgan fingerprint density at radius 2 is 1.97 bits per heavy atom. The number of carbonyl (C=O) groups is 1. The van der Waals surface area contributed by atoms with E-state index in [1.807, 2.05) is 0 Å². The van der Waals surface area contributed by atoms with Crippen LogP contribution in [0.5, 0.6) is 0 Å². The predicted molar refractivity (Wildman–Crippen MR) is 110 cm³/mol. The number of piperidine rings is 1. The second-order valence-corrected chi connectivity index (χ2v) is 9.57. The molecule has 1 aliphatic carbocycles. The average Bonchev–Trinajstić information content (AvgIpc) is 3.30. The van der Waals surface area contributed by atoms with Crippen molar-refractivity contribution in [2.45, 2.75) is 44.2 Å². The zero-order valence-electron chi connectivity index (χ0n) is 16.4. The first-order chi connectivity index (χ1) is 14.1. The van der Waals surface area contributed by atoms with Gasteiger partial charge in [0.2, 0.25) is 5.91 Å². The van der Waals surface area contributed by atoms with Gasteiger partial charge >= 0.3 is 0 Å². The summed E-state index contributed by atoms with van der Waals surface area (Å²) in [5.74, 6) is -0.233. The van der Waals surface area contributed by atoms with Crippen LogP contribution < -0.4 is 0 Å². The molecule has 0 N–H and O–H groups in total. The van der Waals surface area contributed by atoms with Crippen LogP contribution in [0.4, 0.5) is 8.78 Å². The van der Waals surface area contributed by atoms with Crippen molar-refractivity contribution in [1.29, 1.82) is 0 Å². The highest BCUT2D eigenvalue weighted by Gasteiger charge is 2.48. The second-order valence-electron chi connectivity index (χ2n) is 8.79. The fourth-order valence-corrected chi connectivity index (χ4v) is 6.05. The third kappa shape index (κ3) is 3.61. The van der Waals surface area contributed by atoms with Crippen LogP contribution in [0.15, 0.2) is 35.0 Å².